The fraction of sp³-hybridized carbons (Fsp3) is 0.400. The number of nitrogens with two attached hydrogens (primary N) is 1. The number of hydrogen-bond donors (Lipinski definition) is 4. The number of rotatable bonds is 9. The summed E-state index contributed by atoms with van der Waals surface area (Å²) < 4.78 is 10.8. The maximum atomic E-state index is 12.7. The quantitative estimate of drug-likeness (QED) is 0.452. The molecule has 1 aliphatic rings. The second-order valence-electron chi connectivity index (χ2n) is 6.66. The van der Waals surface area contributed by atoms with Crippen LogP contribution >= 0.6 is 0 Å². The number of amides is 1. The van der Waals surface area contributed by atoms with Gasteiger partial charge in [0, 0.05) is 38.7 Å². The number of carbonyl (C=O) groups is 1. The van der Waals surface area contributed by atoms with Crippen molar-refractivity contribution in [2.24, 2.45) is 5.73 Å². The van der Waals surface area contributed by atoms with Crippen LogP contribution < -0.4 is 26.4 Å². The molecular formula is C20H27N7O3. The van der Waals surface area contributed by atoms with Crippen molar-refractivity contribution < 1.29 is 14.3 Å². The molecule has 0 saturated carbocycles. The first-order valence-electron chi connectivity index (χ1n) is 9.79. The molecule has 0 aromatic carbocycles. The van der Waals surface area contributed by atoms with Crippen molar-refractivity contribution in [1.29, 1.82) is 0 Å². The maximum Gasteiger partial charge on any atom is 0.256 e. The van der Waals surface area contributed by atoms with Gasteiger partial charge in [0.1, 0.15) is 17.3 Å². The standard InChI is InChI=1S/C20H27N7O3/c1-22-16-11-17(25-15-6-3-8-24-20(15)29-2)27-18(26-16)14(12-21)19(28)23-9-7-13-5-4-10-30-13/h3,6,8,11-13H,4-5,7,9-10,21H2,1-2H3,(H,23,28)(H2,22,25,26,27). The minimum Gasteiger partial charge on any atom is -0.480 e. The zero-order valence-corrected chi connectivity index (χ0v) is 17.1. The molecule has 3 heterocycles. The van der Waals surface area contributed by atoms with E-state index in [1.807, 2.05) is 6.07 Å². The number of aromatic nitrogens is 3. The molecule has 1 aliphatic heterocycles. The van der Waals surface area contributed by atoms with E-state index < -0.39 is 0 Å². The molecule has 2 aromatic rings. The van der Waals surface area contributed by atoms with Crippen molar-refractivity contribution in [3.63, 3.8) is 0 Å². The second-order valence-corrected chi connectivity index (χ2v) is 6.66. The Balaban J connectivity index is 1.75. The third-order valence-corrected chi connectivity index (χ3v) is 4.64. The largest absolute Gasteiger partial charge is 0.480 e. The highest BCUT2D eigenvalue weighted by Crippen LogP contribution is 2.25. The number of anilines is 3. The van der Waals surface area contributed by atoms with Gasteiger partial charge in [-0.1, -0.05) is 0 Å². The van der Waals surface area contributed by atoms with Crippen molar-refractivity contribution in [1.82, 2.24) is 20.3 Å². The summed E-state index contributed by atoms with van der Waals surface area (Å²) in [5, 5.41) is 8.97. The lowest BCUT2D eigenvalue weighted by atomic mass is 10.2. The SMILES string of the molecule is CNc1cc(Nc2cccnc2OC)nc(C(=CN)C(=O)NCCC2CCCO2)n1. The Labute approximate surface area is 175 Å². The van der Waals surface area contributed by atoms with Crippen LogP contribution in [0.5, 0.6) is 5.88 Å². The van der Waals surface area contributed by atoms with Gasteiger partial charge >= 0.3 is 0 Å². The molecule has 10 nitrogen and oxygen atoms in total. The van der Waals surface area contributed by atoms with Gasteiger partial charge < -0.3 is 31.2 Å². The zero-order chi connectivity index (χ0) is 21.3. The molecule has 1 unspecified atom stereocenters. The van der Waals surface area contributed by atoms with Gasteiger partial charge in [0.2, 0.25) is 5.88 Å². The van der Waals surface area contributed by atoms with E-state index >= 15 is 0 Å². The van der Waals surface area contributed by atoms with Crippen LogP contribution in [0.15, 0.2) is 30.6 Å². The first-order valence-corrected chi connectivity index (χ1v) is 9.79. The minimum absolute atomic E-state index is 0.181. The number of hydrogen-bond acceptors (Lipinski definition) is 9. The van der Waals surface area contributed by atoms with E-state index in [1.165, 1.54) is 13.3 Å². The van der Waals surface area contributed by atoms with Crippen LogP contribution in [0, 0.1) is 0 Å². The molecule has 1 saturated heterocycles. The van der Waals surface area contributed by atoms with Gasteiger partial charge in [-0.05, 0) is 31.4 Å². The van der Waals surface area contributed by atoms with Crippen LogP contribution in [-0.2, 0) is 9.53 Å². The summed E-state index contributed by atoms with van der Waals surface area (Å²) in [4.78, 5) is 25.6. The molecular weight excluding hydrogens is 386 g/mol. The van der Waals surface area contributed by atoms with Gasteiger partial charge in [-0.25, -0.2) is 15.0 Å². The predicted octanol–water partition coefficient (Wildman–Crippen LogP) is 1.65. The van der Waals surface area contributed by atoms with E-state index in [4.69, 9.17) is 15.2 Å². The van der Waals surface area contributed by atoms with E-state index in [9.17, 15) is 4.79 Å². The van der Waals surface area contributed by atoms with Crippen LogP contribution in [0.1, 0.15) is 25.1 Å². The Morgan fingerprint density at radius 3 is 2.93 bits per heavy atom. The van der Waals surface area contributed by atoms with Gasteiger partial charge in [-0.3, -0.25) is 4.79 Å². The Morgan fingerprint density at radius 2 is 2.23 bits per heavy atom. The van der Waals surface area contributed by atoms with Gasteiger partial charge in [-0.2, -0.15) is 0 Å². The predicted molar refractivity (Wildman–Crippen MR) is 114 cm³/mol. The maximum absolute atomic E-state index is 12.7. The molecule has 2 aromatic heterocycles. The van der Waals surface area contributed by atoms with Gasteiger partial charge in [0.15, 0.2) is 5.82 Å². The highest BCUT2D eigenvalue weighted by atomic mass is 16.5. The molecule has 0 radical (unpaired) electrons. The normalized spacial score (nSPS) is 16.2. The molecule has 3 rings (SSSR count). The van der Waals surface area contributed by atoms with Crippen LogP contribution in [0.2, 0.25) is 0 Å². The topological polar surface area (TPSA) is 136 Å². The van der Waals surface area contributed by atoms with Crippen LogP contribution in [-0.4, -0.2) is 54.3 Å². The molecule has 0 bridgehead atoms. The van der Waals surface area contributed by atoms with Crippen molar-refractivity contribution >= 4 is 28.8 Å². The van der Waals surface area contributed by atoms with Crippen LogP contribution in [0.4, 0.5) is 17.3 Å². The summed E-state index contributed by atoms with van der Waals surface area (Å²) in [5.74, 6) is 1.27. The smallest absolute Gasteiger partial charge is 0.256 e. The van der Waals surface area contributed by atoms with Crippen molar-refractivity contribution in [3.8, 4) is 5.88 Å². The number of pyridine rings is 1. The van der Waals surface area contributed by atoms with Gasteiger partial charge in [-0.15, -0.1) is 0 Å². The van der Waals surface area contributed by atoms with E-state index in [0.29, 0.717) is 29.7 Å². The van der Waals surface area contributed by atoms with Crippen LogP contribution in [0.25, 0.3) is 5.57 Å². The molecule has 30 heavy (non-hydrogen) atoms. The summed E-state index contributed by atoms with van der Waals surface area (Å²) in [6.45, 7) is 1.28. The second kappa shape index (κ2) is 10.4. The fourth-order valence-corrected chi connectivity index (χ4v) is 3.11. The molecule has 0 aliphatic carbocycles. The van der Waals surface area contributed by atoms with Crippen molar-refractivity contribution in [3.05, 3.63) is 36.4 Å². The molecule has 1 fully saturated rings. The van der Waals surface area contributed by atoms with E-state index in [0.717, 1.165) is 25.9 Å². The first-order chi connectivity index (χ1) is 14.6. The lowest BCUT2D eigenvalue weighted by Gasteiger charge is -2.14. The Kier molecular flexibility index (Phi) is 7.39. The molecule has 0 spiro atoms. The number of nitrogens with one attached hydrogen (secondary N) is 3. The van der Waals surface area contributed by atoms with E-state index in [-0.39, 0.29) is 23.4 Å². The monoisotopic (exact) mass is 413 g/mol. The number of nitrogens with zero attached hydrogens (tertiary/aromatic N) is 3. The van der Waals surface area contributed by atoms with Gasteiger partial charge in [0.05, 0.1) is 18.8 Å². The average molecular weight is 413 g/mol. The van der Waals surface area contributed by atoms with E-state index in [2.05, 4.69) is 30.9 Å². The Morgan fingerprint density at radius 1 is 1.40 bits per heavy atom. The summed E-state index contributed by atoms with van der Waals surface area (Å²) in [6.07, 6.45) is 5.89. The molecule has 10 heteroatoms. The zero-order valence-electron chi connectivity index (χ0n) is 17.1. The highest BCUT2D eigenvalue weighted by Gasteiger charge is 2.19. The molecule has 160 valence electrons. The minimum atomic E-state index is -0.339. The van der Waals surface area contributed by atoms with E-state index in [1.54, 1.807) is 25.4 Å². The third-order valence-electron chi connectivity index (χ3n) is 4.64. The number of carbonyl (C=O) groups excluding carboxylic acids is 1. The summed E-state index contributed by atoms with van der Waals surface area (Å²) in [6, 6.07) is 5.29. The average Bonchev–Trinajstić information content (AvgIpc) is 3.28. The third kappa shape index (κ3) is 5.35. The lowest BCUT2D eigenvalue weighted by molar-refractivity contribution is -0.115. The molecule has 1 amide bonds. The Hall–Kier alpha value is -3.40. The summed E-state index contributed by atoms with van der Waals surface area (Å²) in [5.41, 5.74) is 6.55. The van der Waals surface area contributed by atoms with Gasteiger partial charge in [0.25, 0.3) is 5.91 Å². The van der Waals surface area contributed by atoms with Crippen molar-refractivity contribution in [2.75, 3.05) is 37.9 Å². The van der Waals surface area contributed by atoms with Crippen LogP contribution in [0.3, 0.4) is 0 Å². The van der Waals surface area contributed by atoms with Crippen molar-refractivity contribution in [2.45, 2.75) is 25.4 Å². The highest BCUT2D eigenvalue weighted by molar-refractivity contribution is 6.18. The fourth-order valence-electron chi connectivity index (χ4n) is 3.11. The summed E-state index contributed by atoms with van der Waals surface area (Å²) in [7, 11) is 3.27. The number of methoxy groups -OCH3 is 1. The first kappa shape index (κ1) is 21.3. The molecule has 1 atom stereocenters. The lowest BCUT2D eigenvalue weighted by Crippen LogP contribution is -2.29. The number of ether oxygens (including phenoxy) is 2. The summed E-state index contributed by atoms with van der Waals surface area (Å²) >= 11 is 0. The Bertz CT molecular complexity index is 898. The molecule has 5 N–H and O–H groups in total.